The van der Waals surface area contributed by atoms with Crippen LogP contribution in [-0.2, 0) is 16.0 Å². The van der Waals surface area contributed by atoms with Gasteiger partial charge < -0.3 is 10.6 Å². The molecule has 0 fully saturated rings. The first-order chi connectivity index (χ1) is 11.4. The van der Waals surface area contributed by atoms with E-state index in [0.29, 0.717) is 12.8 Å². The van der Waals surface area contributed by atoms with Crippen LogP contribution in [0.25, 0.3) is 0 Å². The van der Waals surface area contributed by atoms with Gasteiger partial charge in [0, 0.05) is 23.7 Å². The zero-order valence-corrected chi connectivity index (χ0v) is 14.4. The fraction of sp³-hybridized carbons (Fsp3) is 0.300. The molecule has 0 atom stereocenters. The van der Waals surface area contributed by atoms with Gasteiger partial charge in [-0.3, -0.25) is 9.59 Å². The summed E-state index contributed by atoms with van der Waals surface area (Å²) < 4.78 is 0. The summed E-state index contributed by atoms with van der Waals surface area (Å²) >= 11 is 0. The minimum atomic E-state index is -0.0637. The Morgan fingerprint density at radius 3 is 1.96 bits per heavy atom. The van der Waals surface area contributed by atoms with E-state index < -0.39 is 0 Å². The first kappa shape index (κ1) is 17.7. The van der Waals surface area contributed by atoms with E-state index in [9.17, 15) is 9.59 Å². The summed E-state index contributed by atoms with van der Waals surface area (Å²) in [7, 11) is 0. The molecule has 2 aromatic rings. The van der Waals surface area contributed by atoms with E-state index >= 15 is 0 Å². The molecular weight excluding hydrogens is 300 g/mol. The molecule has 0 saturated carbocycles. The van der Waals surface area contributed by atoms with Crippen molar-refractivity contribution in [2.45, 2.75) is 33.6 Å². The highest BCUT2D eigenvalue weighted by molar-refractivity contribution is 5.93. The average molecular weight is 324 g/mol. The molecule has 0 unspecified atom stereocenters. The van der Waals surface area contributed by atoms with E-state index in [2.05, 4.69) is 34.9 Å². The SMILES string of the molecule is Cc1ccc(CCC(=O)Nc2ccc(NC(=O)C(C)C)cc2)cc1. The van der Waals surface area contributed by atoms with Crippen molar-refractivity contribution in [3.05, 3.63) is 59.7 Å². The second kappa shape index (κ2) is 8.29. The van der Waals surface area contributed by atoms with Gasteiger partial charge in [0.15, 0.2) is 0 Å². The summed E-state index contributed by atoms with van der Waals surface area (Å²) in [6.07, 6.45) is 1.16. The molecule has 126 valence electrons. The van der Waals surface area contributed by atoms with Crippen molar-refractivity contribution in [2.75, 3.05) is 10.6 Å². The van der Waals surface area contributed by atoms with Gasteiger partial charge in [-0.1, -0.05) is 43.7 Å². The van der Waals surface area contributed by atoms with Crippen LogP contribution in [0.5, 0.6) is 0 Å². The number of carbonyl (C=O) groups excluding carboxylic acids is 2. The third-order valence-corrected chi connectivity index (χ3v) is 3.72. The third kappa shape index (κ3) is 5.54. The zero-order chi connectivity index (χ0) is 17.5. The maximum Gasteiger partial charge on any atom is 0.226 e. The first-order valence-corrected chi connectivity index (χ1v) is 8.20. The second-order valence-electron chi connectivity index (χ2n) is 6.26. The van der Waals surface area contributed by atoms with Gasteiger partial charge in [0.1, 0.15) is 0 Å². The van der Waals surface area contributed by atoms with Crippen LogP contribution in [0.15, 0.2) is 48.5 Å². The molecule has 0 saturated heterocycles. The topological polar surface area (TPSA) is 58.2 Å². The van der Waals surface area contributed by atoms with Crippen LogP contribution in [0.2, 0.25) is 0 Å². The Morgan fingerprint density at radius 1 is 0.875 bits per heavy atom. The monoisotopic (exact) mass is 324 g/mol. The van der Waals surface area contributed by atoms with Gasteiger partial charge in [0.25, 0.3) is 0 Å². The van der Waals surface area contributed by atoms with Crippen molar-refractivity contribution in [3.8, 4) is 0 Å². The molecule has 2 rings (SSSR count). The molecule has 2 aromatic carbocycles. The lowest BCUT2D eigenvalue weighted by molar-refractivity contribution is -0.119. The van der Waals surface area contributed by atoms with E-state index in [1.807, 2.05) is 20.8 Å². The lowest BCUT2D eigenvalue weighted by atomic mass is 10.1. The van der Waals surface area contributed by atoms with Crippen LogP contribution in [0.3, 0.4) is 0 Å². The molecule has 0 aliphatic heterocycles. The van der Waals surface area contributed by atoms with E-state index in [1.54, 1.807) is 24.3 Å². The number of benzene rings is 2. The largest absolute Gasteiger partial charge is 0.326 e. The Morgan fingerprint density at radius 2 is 1.42 bits per heavy atom. The number of carbonyl (C=O) groups is 2. The maximum atomic E-state index is 12.0. The normalized spacial score (nSPS) is 10.5. The maximum absolute atomic E-state index is 12.0. The Bertz CT molecular complexity index is 689. The molecule has 0 aromatic heterocycles. The standard InChI is InChI=1S/C20H24N2O2/c1-14(2)20(24)22-18-11-9-17(10-12-18)21-19(23)13-8-16-6-4-15(3)5-7-16/h4-7,9-12,14H,8,13H2,1-3H3,(H,21,23)(H,22,24). The molecule has 2 amide bonds. The summed E-state index contributed by atoms with van der Waals surface area (Å²) in [4.78, 5) is 23.7. The predicted molar refractivity (Wildman–Crippen MR) is 98.0 cm³/mol. The van der Waals surface area contributed by atoms with Gasteiger partial charge in [-0.05, 0) is 43.2 Å². The summed E-state index contributed by atoms with van der Waals surface area (Å²) in [6, 6.07) is 15.4. The Hall–Kier alpha value is -2.62. The van der Waals surface area contributed by atoms with Crippen molar-refractivity contribution in [2.24, 2.45) is 5.92 Å². The molecule has 0 radical (unpaired) electrons. The van der Waals surface area contributed by atoms with Crippen LogP contribution in [0, 0.1) is 12.8 Å². The fourth-order valence-corrected chi connectivity index (χ4v) is 2.16. The van der Waals surface area contributed by atoms with Crippen molar-refractivity contribution in [3.63, 3.8) is 0 Å². The van der Waals surface area contributed by atoms with Crippen LogP contribution >= 0.6 is 0 Å². The number of amides is 2. The van der Waals surface area contributed by atoms with Gasteiger partial charge in [-0.2, -0.15) is 0 Å². The van der Waals surface area contributed by atoms with Crippen LogP contribution in [-0.4, -0.2) is 11.8 Å². The summed E-state index contributed by atoms with van der Waals surface area (Å²) in [5.74, 6) is -0.106. The van der Waals surface area contributed by atoms with Crippen molar-refractivity contribution in [1.82, 2.24) is 0 Å². The number of rotatable bonds is 6. The number of hydrogen-bond donors (Lipinski definition) is 2. The van der Waals surface area contributed by atoms with Crippen molar-refractivity contribution in [1.29, 1.82) is 0 Å². The summed E-state index contributed by atoms with van der Waals surface area (Å²) in [5, 5.41) is 5.70. The summed E-state index contributed by atoms with van der Waals surface area (Å²) in [5.41, 5.74) is 3.83. The molecular formula is C20H24N2O2. The summed E-state index contributed by atoms with van der Waals surface area (Å²) in [6.45, 7) is 5.74. The molecule has 4 nitrogen and oxygen atoms in total. The second-order valence-corrected chi connectivity index (χ2v) is 6.26. The van der Waals surface area contributed by atoms with Crippen molar-refractivity contribution >= 4 is 23.2 Å². The van der Waals surface area contributed by atoms with Gasteiger partial charge in [-0.15, -0.1) is 0 Å². The lowest BCUT2D eigenvalue weighted by Crippen LogP contribution is -2.17. The highest BCUT2D eigenvalue weighted by Crippen LogP contribution is 2.15. The number of nitrogens with one attached hydrogen (secondary N) is 2. The minimum absolute atomic E-state index is 0.0189. The first-order valence-electron chi connectivity index (χ1n) is 8.20. The molecule has 0 aliphatic carbocycles. The van der Waals surface area contributed by atoms with Crippen LogP contribution in [0.4, 0.5) is 11.4 Å². The minimum Gasteiger partial charge on any atom is -0.326 e. The molecule has 0 bridgehead atoms. The van der Waals surface area contributed by atoms with Crippen LogP contribution < -0.4 is 10.6 Å². The Kier molecular flexibility index (Phi) is 6.13. The van der Waals surface area contributed by atoms with Crippen LogP contribution in [0.1, 0.15) is 31.4 Å². The average Bonchev–Trinajstić information content (AvgIpc) is 2.56. The van der Waals surface area contributed by atoms with Crippen molar-refractivity contribution < 1.29 is 9.59 Å². The number of hydrogen-bond acceptors (Lipinski definition) is 2. The highest BCUT2D eigenvalue weighted by Gasteiger charge is 2.07. The Labute approximate surface area is 143 Å². The highest BCUT2D eigenvalue weighted by atomic mass is 16.2. The number of anilines is 2. The van der Waals surface area contributed by atoms with E-state index in [-0.39, 0.29) is 17.7 Å². The van der Waals surface area contributed by atoms with Gasteiger partial charge >= 0.3 is 0 Å². The molecule has 2 N–H and O–H groups in total. The third-order valence-electron chi connectivity index (χ3n) is 3.72. The zero-order valence-electron chi connectivity index (χ0n) is 14.4. The molecule has 24 heavy (non-hydrogen) atoms. The van der Waals surface area contributed by atoms with E-state index in [4.69, 9.17) is 0 Å². The molecule has 0 spiro atoms. The van der Waals surface area contributed by atoms with E-state index in [0.717, 1.165) is 16.9 Å². The van der Waals surface area contributed by atoms with E-state index in [1.165, 1.54) is 5.56 Å². The smallest absolute Gasteiger partial charge is 0.226 e. The predicted octanol–water partition coefficient (Wildman–Crippen LogP) is 4.16. The van der Waals surface area contributed by atoms with Gasteiger partial charge in [0.05, 0.1) is 0 Å². The van der Waals surface area contributed by atoms with Gasteiger partial charge in [0.2, 0.25) is 11.8 Å². The quantitative estimate of drug-likeness (QED) is 0.838. The van der Waals surface area contributed by atoms with Gasteiger partial charge in [-0.25, -0.2) is 0 Å². The lowest BCUT2D eigenvalue weighted by Gasteiger charge is -2.09. The fourth-order valence-electron chi connectivity index (χ4n) is 2.16. The number of aryl methyl sites for hydroxylation is 2. The Balaban J connectivity index is 1.83. The molecule has 0 heterocycles. The molecule has 0 aliphatic rings. The molecule has 4 heteroatoms.